The molecular weight excluding hydrogens is 546 g/mol. The zero-order valence-electron chi connectivity index (χ0n) is 22.5. The van der Waals surface area contributed by atoms with Crippen LogP contribution in [0.4, 0.5) is 11.4 Å². The van der Waals surface area contributed by atoms with Crippen molar-refractivity contribution in [2.24, 2.45) is 11.8 Å². The van der Waals surface area contributed by atoms with E-state index in [1.165, 1.54) is 4.90 Å². The van der Waals surface area contributed by atoms with Crippen LogP contribution in [0.5, 0.6) is 0 Å². The first-order chi connectivity index (χ1) is 19.3. The van der Waals surface area contributed by atoms with Crippen molar-refractivity contribution < 1.29 is 19.5 Å². The van der Waals surface area contributed by atoms with Crippen LogP contribution in [-0.2, 0) is 14.4 Å². The summed E-state index contributed by atoms with van der Waals surface area (Å²) < 4.78 is -0.778. The molecule has 3 aliphatic heterocycles. The summed E-state index contributed by atoms with van der Waals surface area (Å²) in [5.74, 6) is -1.90. The predicted octanol–water partition coefficient (Wildman–Crippen LogP) is 4.47. The molecule has 3 fully saturated rings. The van der Waals surface area contributed by atoms with Crippen molar-refractivity contribution in [1.82, 2.24) is 4.90 Å². The number of carbonyl (C=O) groups excluding carboxylic acids is 3. The highest BCUT2D eigenvalue weighted by atomic mass is 35.5. The van der Waals surface area contributed by atoms with Crippen molar-refractivity contribution in [2.45, 2.75) is 35.8 Å². The first-order valence-electron chi connectivity index (χ1n) is 13.5. The van der Waals surface area contributed by atoms with Gasteiger partial charge in [-0.2, -0.15) is 0 Å². The fourth-order valence-electron chi connectivity index (χ4n) is 6.84. The maximum atomic E-state index is 14.6. The van der Waals surface area contributed by atoms with Crippen LogP contribution >= 0.6 is 23.4 Å². The number of hydrogen-bond donors (Lipinski definition) is 1. The molecular formula is C31H34ClN3O4S. The highest BCUT2D eigenvalue weighted by molar-refractivity contribution is 8.02. The van der Waals surface area contributed by atoms with E-state index in [0.717, 1.165) is 17.7 Å². The number of thioether (sulfide) groups is 1. The van der Waals surface area contributed by atoms with Crippen molar-refractivity contribution in [3.05, 3.63) is 84.4 Å². The molecule has 3 saturated heterocycles. The molecule has 5 rings (SSSR count). The average Bonchev–Trinajstić information content (AvgIpc) is 3.59. The van der Waals surface area contributed by atoms with E-state index in [4.69, 9.17) is 11.6 Å². The van der Waals surface area contributed by atoms with Gasteiger partial charge in [-0.05, 0) is 43.5 Å². The van der Waals surface area contributed by atoms with Crippen LogP contribution in [0.1, 0.15) is 18.4 Å². The van der Waals surface area contributed by atoms with Gasteiger partial charge in [0.1, 0.15) is 6.04 Å². The number of aliphatic hydroxyl groups excluding tert-OH is 1. The molecule has 210 valence electrons. The second kappa shape index (κ2) is 11.4. The Bertz CT molecular complexity index is 1320. The van der Waals surface area contributed by atoms with Crippen molar-refractivity contribution >= 4 is 52.5 Å². The molecule has 1 spiro atoms. The summed E-state index contributed by atoms with van der Waals surface area (Å²) in [6.07, 6.45) is 4.69. The van der Waals surface area contributed by atoms with Gasteiger partial charge in [0.05, 0.1) is 33.9 Å². The number of para-hydroxylation sites is 2. The predicted molar refractivity (Wildman–Crippen MR) is 161 cm³/mol. The number of rotatable bonds is 10. The van der Waals surface area contributed by atoms with Gasteiger partial charge >= 0.3 is 0 Å². The van der Waals surface area contributed by atoms with Crippen LogP contribution in [0.25, 0.3) is 0 Å². The number of benzene rings is 2. The molecule has 2 aromatic carbocycles. The standard InChI is InChI=1S/C31H34ClN3O4S/c1-4-16-33(21-11-7-6-8-12-21)28(37)24-23-14-15-31(40-23)25(24)29(38)35(18-19-36)27(31)30(39)34(17-5-2)26-20(3)10-9-13-22(26)32/h4-13,23-25,27,36H,1-2,14-19H2,3H3/t23-,24+,25+,27?,31?/m1/s1. The molecule has 2 aromatic rings. The van der Waals surface area contributed by atoms with Crippen LogP contribution < -0.4 is 9.80 Å². The minimum Gasteiger partial charge on any atom is -0.395 e. The molecule has 3 heterocycles. The number of halogens is 1. The Morgan fingerprint density at radius 2 is 1.80 bits per heavy atom. The molecule has 40 heavy (non-hydrogen) atoms. The quantitative estimate of drug-likeness (QED) is 0.420. The summed E-state index contributed by atoms with van der Waals surface area (Å²) in [5, 5.41) is 10.3. The Morgan fingerprint density at radius 1 is 1.10 bits per heavy atom. The van der Waals surface area contributed by atoms with E-state index in [2.05, 4.69) is 13.2 Å². The number of aryl methyl sites for hydroxylation is 1. The molecule has 7 nitrogen and oxygen atoms in total. The van der Waals surface area contributed by atoms with Crippen molar-refractivity contribution in [2.75, 3.05) is 36.0 Å². The first kappa shape index (κ1) is 28.5. The molecule has 0 radical (unpaired) electrons. The van der Waals surface area contributed by atoms with Crippen LogP contribution in [0.2, 0.25) is 5.02 Å². The number of anilines is 2. The van der Waals surface area contributed by atoms with E-state index in [1.807, 2.05) is 49.4 Å². The summed E-state index contributed by atoms with van der Waals surface area (Å²) in [4.78, 5) is 47.7. The molecule has 0 aliphatic carbocycles. The third-order valence-electron chi connectivity index (χ3n) is 8.34. The minimum absolute atomic E-state index is 0.0120. The summed E-state index contributed by atoms with van der Waals surface area (Å²) in [6, 6.07) is 14.0. The second-order valence-electron chi connectivity index (χ2n) is 10.5. The summed E-state index contributed by atoms with van der Waals surface area (Å²) in [6.45, 7) is 9.83. The first-order valence-corrected chi connectivity index (χ1v) is 14.8. The van der Waals surface area contributed by atoms with Gasteiger partial charge in [-0.15, -0.1) is 24.9 Å². The van der Waals surface area contributed by atoms with E-state index in [9.17, 15) is 19.5 Å². The van der Waals surface area contributed by atoms with E-state index in [-0.39, 0.29) is 42.7 Å². The zero-order valence-corrected chi connectivity index (χ0v) is 24.1. The molecule has 2 bridgehead atoms. The number of carbonyl (C=O) groups is 3. The number of hydrogen-bond acceptors (Lipinski definition) is 5. The number of amides is 3. The second-order valence-corrected chi connectivity index (χ2v) is 12.5. The van der Waals surface area contributed by atoms with Gasteiger partial charge in [0.15, 0.2) is 0 Å². The van der Waals surface area contributed by atoms with Crippen molar-refractivity contribution in [3.8, 4) is 0 Å². The molecule has 9 heteroatoms. The lowest BCUT2D eigenvalue weighted by Gasteiger charge is -2.38. The zero-order chi connectivity index (χ0) is 28.6. The lowest BCUT2D eigenvalue weighted by atomic mass is 9.70. The Balaban J connectivity index is 1.57. The Hall–Kier alpha value is -3.07. The summed E-state index contributed by atoms with van der Waals surface area (Å²) in [5.41, 5.74) is 2.15. The monoisotopic (exact) mass is 579 g/mol. The average molecular weight is 580 g/mol. The lowest BCUT2D eigenvalue weighted by molar-refractivity contribution is -0.139. The number of β-amino-alcohol motifs (C(OH)–C–C–N with tert-alkyl or cyclic N) is 1. The number of aliphatic hydroxyl groups is 1. The number of nitrogens with zero attached hydrogens (tertiary/aromatic N) is 3. The molecule has 5 atom stereocenters. The lowest BCUT2D eigenvalue weighted by Crippen LogP contribution is -2.55. The fourth-order valence-corrected chi connectivity index (χ4v) is 9.37. The number of fused-ring (bicyclic) bond motifs is 1. The molecule has 2 unspecified atom stereocenters. The third kappa shape index (κ3) is 4.46. The maximum Gasteiger partial charge on any atom is 0.251 e. The molecule has 3 amide bonds. The largest absolute Gasteiger partial charge is 0.395 e. The molecule has 0 aromatic heterocycles. The molecule has 1 N–H and O–H groups in total. The van der Waals surface area contributed by atoms with E-state index >= 15 is 0 Å². The molecule has 0 saturated carbocycles. The van der Waals surface area contributed by atoms with Gasteiger partial charge in [-0.1, -0.05) is 54.1 Å². The Morgan fingerprint density at radius 3 is 2.45 bits per heavy atom. The summed E-state index contributed by atoms with van der Waals surface area (Å²) >= 11 is 8.20. The van der Waals surface area contributed by atoms with Crippen LogP contribution in [0.3, 0.4) is 0 Å². The maximum absolute atomic E-state index is 14.6. The highest BCUT2D eigenvalue weighted by Gasteiger charge is 2.74. The van der Waals surface area contributed by atoms with Crippen molar-refractivity contribution in [1.29, 1.82) is 0 Å². The van der Waals surface area contributed by atoms with Gasteiger partial charge in [0.2, 0.25) is 11.8 Å². The van der Waals surface area contributed by atoms with Crippen molar-refractivity contribution in [3.63, 3.8) is 0 Å². The van der Waals surface area contributed by atoms with Crippen LogP contribution in [0.15, 0.2) is 73.8 Å². The fraction of sp³-hybridized carbons (Fsp3) is 0.387. The normalized spacial score (nSPS) is 26.5. The smallest absolute Gasteiger partial charge is 0.251 e. The van der Waals surface area contributed by atoms with Gasteiger partial charge in [-0.25, -0.2) is 0 Å². The Labute approximate surface area is 244 Å². The highest BCUT2D eigenvalue weighted by Crippen LogP contribution is 2.66. The Kier molecular flexibility index (Phi) is 8.13. The number of likely N-dealkylation sites (tertiary alicyclic amines) is 1. The van der Waals surface area contributed by atoms with Gasteiger partial charge in [0.25, 0.3) is 5.91 Å². The molecule has 3 aliphatic rings. The van der Waals surface area contributed by atoms with Gasteiger partial charge < -0.3 is 19.8 Å². The topological polar surface area (TPSA) is 81.2 Å². The van der Waals surface area contributed by atoms with E-state index < -0.39 is 22.6 Å². The van der Waals surface area contributed by atoms with E-state index in [1.54, 1.807) is 39.8 Å². The van der Waals surface area contributed by atoms with Crippen LogP contribution in [0, 0.1) is 18.8 Å². The SMILES string of the molecule is C=CCN(C(=O)[C@@H]1[C@H]2C(=O)N(CCO)C(C(=O)N(CC=C)c3c(C)cccc3Cl)C23CC[C@H]1S3)c1ccccc1. The van der Waals surface area contributed by atoms with Gasteiger partial charge in [-0.3, -0.25) is 14.4 Å². The van der Waals surface area contributed by atoms with Crippen LogP contribution in [-0.4, -0.2) is 70.0 Å². The summed E-state index contributed by atoms with van der Waals surface area (Å²) in [7, 11) is 0. The van der Waals surface area contributed by atoms with Gasteiger partial charge in [0, 0.05) is 30.6 Å². The minimum atomic E-state index is -0.842. The third-order valence-corrected chi connectivity index (χ3v) is 10.6. The van der Waals surface area contributed by atoms with E-state index in [0.29, 0.717) is 23.7 Å².